The van der Waals surface area contributed by atoms with Crippen molar-refractivity contribution in [3.63, 3.8) is 0 Å². The maximum absolute atomic E-state index is 12.8. The summed E-state index contributed by atoms with van der Waals surface area (Å²) in [6.07, 6.45) is 1.63. The Labute approximate surface area is 133 Å². The second-order valence-electron chi connectivity index (χ2n) is 6.17. The standard InChI is InChI=1S/C18H16N2O3/c21-18(16-11-15(16)12-4-2-1-3-5-12)19-9-8-13-6-7-14(20(22)23)10-17(13)19/h1-7,10,15-16H,8-9,11H2. The number of carbonyl (C=O) groups excluding carboxylic acids is 1. The lowest BCUT2D eigenvalue weighted by Gasteiger charge is -2.17. The number of rotatable bonds is 3. The molecule has 1 aliphatic heterocycles. The van der Waals surface area contributed by atoms with E-state index in [1.165, 1.54) is 17.7 Å². The molecule has 0 N–H and O–H groups in total. The van der Waals surface area contributed by atoms with Gasteiger partial charge >= 0.3 is 0 Å². The smallest absolute Gasteiger partial charge is 0.271 e. The number of benzene rings is 2. The number of fused-ring (bicyclic) bond motifs is 1. The molecule has 4 rings (SSSR count). The van der Waals surface area contributed by atoms with Crippen molar-refractivity contribution in [2.75, 3.05) is 11.4 Å². The Kier molecular flexibility index (Phi) is 3.15. The number of non-ortho nitro benzene ring substituents is 1. The topological polar surface area (TPSA) is 63.5 Å². The van der Waals surface area contributed by atoms with Gasteiger partial charge in [0, 0.05) is 24.6 Å². The normalized spacial score (nSPS) is 21.8. The predicted octanol–water partition coefficient (Wildman–Crippen LogP) is 3.29. The Balaban J connectivity index is 1.56. The quantitative estimate of drug-likeness (QED) is 0.645. The van der Waals surface area contributed by atoms with Crippen LogP contribution in [0.25, 0.3) is 0 Å². The number of nitrogens with zero attached hydrogens (tertiary/aromatic N) is 2. The van der Waals surface area contributed by atoms with Gasteiger partial charge in [0.05, 0.1) is 10.6 Å². The molecule has 1 saturated carbocycles. The minimum Gasteiger partial charge on any atom is -0.311 e. The molecular weight excluding hydrogens is 292 g/mol. The number of carbonyl (C=O) groups is 1. The summed E-state index contributed by atoms with van der Waals surface area (Å²) in [5.41, 5.74) is 2.96. The first kappa shape index (κ1) is 13.9. The third kappa shape index (κ3) is 2.38. The Morgan fingerprint density at radius 3 is 2.70 bits per heavy atom. The van der Waals surface area contributed by atoms with Gasteiger partial charge in [0.2, 0.25) is 5.91 Å². The maximum atomic E-state index is 12.8. The summed E-state index contributed by atoms with van der Waals surface area (Å²) in [6, 6.07) is 14.9. The van der Waals surface area contributed by atoms with Crippen LogP contribution in [0.3, 0.4) is 0 Å². The predicted molar refractivity (Wildman–Crippen MR) is 86.4 cm³/mol. The first-order valence-corrected chi connectivity index (χ1v) is 7.79. The Bertz CT molecular complexity index is 788. The molecule has 1 heterocycles. The lowest BCUT2D eigenvalue weighted by molar-refractivity contribution is -0.384. The van der Waals surface area contributed by atoms with E-state index in [9.17, 15) is 14.9 Å². The van der Waals surface area contributed by atoms with Crippen LogP contribution < -0.4 is 4.90 Å². The van der Waals surface area contributed by atoms with Crippen molar-refractivity contribution in [1.29, 1.82) is 0 Å². The summed E-state index contributed by atoms with van der Waals surface area (Å²) in [5, 5.41) is 11.0. The van der Waals surface area contributed by atoms with Gasteiger partial charge in [0.25, 0.3) is 5.69 Å². The highest BCUT2D eigenvalue weighted by Crippen LogP contribution is 2.49. The summed E-state index contributed by atoms with van der Waals surface area (Å²) in [5.74, 6) is 0.382. The number of nitro groups is 1. The second-order valence-corrected chi connectivity index (χ2v) is 6.17. The summed E-state index contributed by atoms with van der Waals surface area (Å²) in [4.78, 5) is 25.1. The molecule has 2 atom stereocenters. The van der Waals surface area contributed by atoms with Gasteiger partial charge in [-0.3, -0.25) is 14.9 Å². The third-order valence-electron chi connectivity index (χ3n) is 4.78. The SMILES string of the molecule is O=C(C1CC1c1ccccc1)N1CCc2ccc([N+](=O)[O-])cc21. The highest BCUT2D eigenvalue weighted by atomic mass is 16.6. The van der Waals surface area contributed by atoms with Crippen LogP contribution in [0, 0.1) is 16.0 Å². The van der Waals surface area contributed by atoms with E-state index in [-0.39, 0.29) is 23.4 Å². The highest BCUT2D eigenvalue weighted by molar-refractivity contribution is 5.99. The first-order valence-electron chi connectivity index (χ1n) is 7.79. The highest BCUT2D eigenvalue weighted by Gasteiger charge is 2.46. The van der Waals surface area contributed by atoms with Crippen LogP contribution in [0.15, 0.2) is 48.5 Å². The maximum Gasteiger partial charge on any atom is 0.271 e. The molecule has 116 valence electrons. The first-order chi connectivity index (χ1) is 11.1. The lowest BCUT2D eigenvalue weighted by atomic mass is 10.1. The molecular formula is C18H16N2O3. The molecule has 2 aromatic carbocycles. The zero-order valence-electron chi connectivity index (χ0n) is 12.5. The molecule has 23 heavy (non-hydrogen) atoms. The van der Waals surface area contributed by atoms with Gasteiger partial charge in [0.1, 0.15) is 0 Å². The van der Waals surface area contributed by atoms with Crippen molar-refractivity contribution in [1.82, 2.24) is 0 Å². The number of hydrogen-bond donors (Lipinski definition) is 0. The molecule has 0 radical (unpaired) electrons. The van der Waals surface area contributed by atoms with Crippen molar-refractivity contribution in [2.45, 2.75) is 18.8 Å². The van der Waals surface area contributed by atoms with E-state index >= 15 is 0 Å². The lowest BCUT2D eigenvalue weighted by Crippen LogP contribution is -2.30. The molecule has 2 aliphatic rings. The van der Waals surface area contributed by atoms with Crippen LogP contribution in [0.4, 0.5) is 11.4 Å². The van der Waals surface area contributed by atoms with Gasteiger partial charge in [-0.2, -0.15) is 0 Å². The largest absolute Gasteiger partial charge is 0.311 e. The van der Waals surface area contributed by atoms with Crippen molar-refractivity contribution in [3.05, 3.63) is 69.8 Å². The molecule has 2 unspecified atom stereocenters. The molecule has 1 fully saturated rings. The van der Waals surface area contributed by atoms with E-state index in [0.717, 1.165) is 18.4 Å². The fourth-order valence-electron chi connectivity index (χ4n) is 3.45. The summed E-state index contributed by atoms with van der Waals surface area (Å²) in [6.45, 7) is 0.618. The number of nitro benzene ring substituents is 1. The molecule has 0 bridgehead atoms. The average molecular weight is 308 g/mol. The second kappa shape index (κ2) is 5.19. The number of anilines is 1. The third-order valence-corrected chi connectivity index (χ3v) is 4.78. The molecule has 1 amide bonds. The zero-order valence-corrected chi connectivity index (χ0v) is 12.5. The van der Waals surface area contributed by atoms with Crippen molar-refractivity contribution >= 4 is 17.3 Å². The van der Waals surface area contributed by atoms with Crippen LogP contribution >= 0.6 is 0 Å². The van der Waals surface area contributed by atoms with Gasteiger partial charge < -0.3 is 4.90 Å². The van der Waals surface area contributed by atoms with Gasteiger partial charge in [-0.05, 0) is 29.9 Å². The Hall–Kier alpha value is -2.69. The van der Waals surface area contributed by atoms with Crippen LogP contribution in [-0.4, -0.2) is 17.4 Å². The van der Waals surface area contributed by atoms with E-state index in [4.69, 9.17) is 0 Å². The van der Waals surface area contributed by atoms with E-state index in [1.807, 2.05) is 18.2 Å². The fourth-order valence-corrected chi connectivity index (χ4v) is 3.45. The van der Waals surface area contributed by atoms with Gasteiger partial charge in [-0.1, -0.05) is 36.4 Å². The summed E-state index contributed by atoms with van der Waals surface area (Å²) in [7, 11) is 0. The Morgan fingerprint density at radius 2 is 1.96 bits per heavy atom. The van der Waals surface area contributed by atoms with Crippen LogP contribution in [0.2, 0.25) is 0 Å². The fraction of sp³-hybridized carbons (Fsp3) is 0.278. The molecule has 5 nitrogen and oxygen atoms in total. The van der Waals surface area contributed by atoms with E-state index in [0.29, 0.717) is 12.2 Å². The van der Waals surface area contributed by atoms with Gasteiger partial charge in [-0.15, -0.1) is 0 Å². The van der Waals surface area contributed by atoms with E-state index in [2.05, 4.69) is 12.1 Å². The van der Waals surface area contributed by atoms with Crippen LogP contribution in [0.1, 0.15) is 23.5 Å². The van der Waals surface area contributed by atoms with Crippen molar-refractivity contribution < 1.29 is 9.72 Å². The van der Waals surface area contributed by atoms with Crippen LogP contribution in [0.5, 0.6) is 0 Å². The minimum atomic E-state index is -0.412. The summed E-state index contributed by atoms with van der Waals surface area (Å²) < 4.78 is 0. The van der Waals surface area contributed by atoms with Gasteiger partial charge in [-0.25, -0.2) is 0 Å². The molecule has 0 saturated heterocycles. The molecule has 1 aliphatic carbocycles. The number of amides is 1. The average Bonchev–Trinajstić information content (AvgIpc) is 3.27. The van der Waals surface area contributed by atoms with E-state index in [1.54, 1.807) is 11.0 Å². The molecule has 5 heteroatoms. The van der Waals surface area contributed by atoms with Crippen molar-refractivity contribution in [2.24, 2.45) is 5.92 Å². The molecule has 0 spiro atoms. The Morgan fingerprint density at radius 1 is 1.17 bits per heavy atom. The van der Waals surface area contributed by atoms with Crippen molar-refractivity contribution in [3.8, 4) is 0 Å². The molecule has 2 aromatic rings. The van der Waals surface area contributed by atoms with Crippen LogP contribution in [-0.2, 0) is 11.2 Å². The minimum absolute atomic E-state index is 0.00242. The monoisotopic (exact) mass is 308 g/mol. The zero-order chi connectivity index (χ0) is 16.0. The van der Waals surface area contributed by atoms with E-state index < -0.39 is 4.92 Å². The molecule has 0 aromatic heterocycles. The number of hydrogen-bond acceptors (Lipinski definition) is 3. The summed E-state index contributed by atoms with van der Waals surface area (Å²) >= 11 is 0. The van der Waals surface area contributed by atoms with Gasteiger partial charge in [0.15, 0.2) is 0 Å².